The third kappa shape index (κ3) is 32.7. The second-order valence-corrected chi connectivity index (χ2v) is 2.74. The molecule has 0 aliphatic carbocycles. The molecule has 0 aromatic carbocycles. The van der Waals surface area contributed by atoms with Gasteiger partial charge in [0.1, 0.15) is 6.54 Å². The topological polar surface area (TPSA) is 20.2 Å². The van der Waals surface area contributed by atoms with Crippen LogP contribution < -0.4 is 29.6 Å². The van der Waals surface area contributed by atoms with Gasteiger partial charge in [-0.25, -0.2) is 0 Å². The summed E-state index contributed by atoms with van der Waals surface area (Å²) in [7, 11) is 6.16. The summed E-state index contributed by atoms with van der Waals surface area (Å²) >= 11 is 0. The molecular formula is C5H19BrClMgNNaO+. The molecule has 0 unspecified atom stereocenters. The Morgan fingerprint density at radius 2 is 1.55 bits per heavy atom. The maximum Gasteiger partial charge on any atom is 2.00 e. The average molecular weight is 272 g/mol. The molecule has 2 nitrogen and oxygen atoms in total. The molecule has 6 heteroatoms. The van der Waals surface area contributed by atoms with Gasteiger partial charge in [0.05, 0.1) is 27.7 Å². The maximum absolute atomic E-state index is 8.39. The van der Waals surface area contributed by atoms with E-state index < -0.39 is 0 Å². The summed E-state index contributed by atoms with van der Waals surface area (Å²) in [6.07, 6.45) is 0. The van der Waals surface area contributed by atoms with Crippen LogP contribution in [0.15, 0.2) is 0 Å². The SMILES string of the molecule is Br.C[N+](C)(C)CCO.Cl.[H-].[H-].[H-].[Mg+2].[Na+]. The fourth-order valence-electron chi connectivity index (χ4n) is 0.300. The predicted octanol–water partition coefficient (Wildman–Crippen LogP) is -2.35. The molecule has 1 N–H and O–H groups in total. The monoisotopic (exact) mass is 270 g/mol. The molecule has 0 atom stereocenters. The van der Waals surface area contributed by atoms with Gasteiger partial charge in [0.15, 0.2) is 0 Å². The normalized spacial score (nSPS) is 7.64. The van der Waals surface area contributed by atoms with Crippen LogP contribution in [0.4, 0.5) is 0 Å². The molecule has 0 aromatic rings. The first-order valence-electron chi connectivity index (χ1n) is 2.47. The number of hydrogen-bond acceptors (Lipinski definition) is 1. The van der Waals surface area contributed by atoms with Gasteiger partial charge in [0.2, 0.25) is 0 Å². The summed E-state index contributed by atoms with van der Waals surface area (Å²) in [5, 5.41) is 8.39. The number of likely N-dealkylation sites (N-methyl/N-ethyl adjacent to an activating group) is 1. The molecule has 0 bridgehead atoms. The van der Waals surface area contributed by atoms with Crippen LogP contribution in [0.5, 0.6) is 0 Å². The number of quaternary nitrogens is 1. The Kier molecular flexibility index (Phi) is 39.7. The Morgan fingerprint density at radius 3 is 1.55 bits per heavy atom. The summed E-state index contributed by atoms with van der Waals surface area (Å²) in [5.41, 5.74) is 0. The Bertz CT molecular complexity index is 75.4. The molecular weight excluding hydrogens is 253 g/mol. The van der Waals surface area contributed by atoms with Crippen molar-refractivity contribution in [2.75, 3.05) is 34.3 Å². The second kappa shape index (κ2) is 15.0. The van der Waals surface area contributed by atoms with Gasteiger partial charge in [-0.3, -0.25) is 0 Å². The van der Waals surface area contributed by atoms with E-state index in [1.807, 2.05) is 0 Å². The van der Waals surface area contributed by atoms with E-state index in [1.165, 1.54) is 0 Å². The first kappa shape index (κ1) is 29.2. The molecule has 0 amide bonds. The average Bonchev–Trinajstić information content (AvgIpc) is 1.30. The summed E-state index contributed by atoms with van der Waals surface area (Å²) in [6.45, 7) is 1.11. The van der Waals surface area contributed by atoms with E-state index >= 15 is 0 Å². The van der Waals surface area contributed by atoms with Gasteiger partial charge in [-0.05, 0) is 0 Å². The summed E-state index contributed by atoms with van der Waals surface area (Å²) in [4.78, 5) is 0. The van der Waals surface area contributed by atoms with E-state index in [-0.39, 0.29) is 92.9 Å². The maximum atomic E-state index is 8.39. The fourth-order valence-corrected chi connectivity index (χ4v) is 0.300. The Labute approximate surface area is 129 Å². The van der Waals surface area contributed by atoms with E-state index in [1.54, 1.807) is 0 Å². The van der Waals surface area contributed by atoms with E-state index in [4.69, 9.17) is 5.11 Å². The second-order valence-electron chi connectivity index (χ2n) is 2.74. The zero-order chi connectivity index (χ0) is 5.91. The quantitative estimate of drug-likeness (QED) is 0.440. The minimum atomic E-state index is 0. The third-order valence-corrected chi connectivity index (χ3v) is 0.771. The van der Waals surface area contributed by atoms with Crippen molar-refractivity contribution in [1.82, 2.24) is 0 Å². The van der Waals surface area contributed by atoms with Crippen LogP contribution in [0.25, 0.3) is 0 Å². The molecule has 0 saturated heterocycles. The minimum Gasteiger partial charge on any atom is -1.00 e. The van der Waals surface area contributed by atoms with Gasteiger partial charge in [-0.2, -0.15) is 0 Å². The Balaban J connectivity index is -0.00000000857. The van der Waals surface area contributed by atoms with Gasteiger partial charge < -0.3 is 13.9 Å². The molecule has 0 aliphatic heterocycles. The zero-order valence-electron chi connectivity index (χ0n) is 10.8. The molecule has 0 rings (SSSR count). The van der Waals surface area contributed by atoms with Crippen LogP contribution in [-0.4, -0.2) is 66.9 Å². The molecule has 0 aliphatic rings. The van der Waals surface area contributed by atoms with E-state index in [2.05, 4.69) is 21.1 Å². The standard InChI is InChI=1S/C5H14NO.BrH.ClH.Mg.Na.3H/c1-6(2,3)4-5-7;;;;;;;/h7H,4-5H2,1-3H3;2*1H;;;;;/q+1;;;+2;+1;3*-1. The smallest absolute Gasteiger partial charge is 1.00 e. The van der Waals surface area contributed by atoms with E-state index in [0.717, 1.165) is 11.0 Å². The molecule has 0 heterocycles. The minimum absolute atomic E-state index is 0. The summed E-state index contributed by atoms with van der Waals surface area (Å²) in [5.74, 6) is 0. The van der Waals surface area contributed by atoms with Crippen molar-refractivity contribution in [2.24, 2.45) is 0 Å². The van der Waals surface area contributed by atoms with E-state index in [0.29, 0.717) is 0 Å². The van der Waals surface area contributed by atoms with Crippen LogP contribution in [0.1, 0.15) is 4.28 Å². The van der Waals surface area contributed by atoms with Crippen molar-refractivity contribution in [3.8, 4) is 0 Å². The van der Waals surface area contributed by atoms with Gasteiger partial charge in [-0.15, -0.1) is 29.4 Å². The van der Waals surface area contributed by atoms with Gasteiger partial charge >= 0.3 is 52.6 Å². The number of aliphatic hydroxyl groups is 1. The first-order valence-corrected chi connectivity index (χ1v) is 2.47. The fraction of sp³-hybridized carbons (Fsp3) is 1.00. The number of aliphatic hydroxyl groups excluding tert-OH is 1. The number of rotatable bonds is 2. The predicted molar refractivity (Wildman–Crippen MR) is 56.6 cm³/mol. The molecule has 66 valence electrons. The van der Waals surface area contributed by atoms with Crippen LogP contribution in [-0.2, 0) is 0 Å². The first-order chi connectivity index (χ1) is 3.06. The molecule has 11 heavy (non-hydrogen) atoms. The molecule has 0 aromatic heterocycles. The van der Waals surface area contributed by atoms with Crippen LogP contribution in [0, 0.1) is 0 Å². The van der Waals surface area contributed by atoms with Gasteiger partial charge in [-0.1, -0.05) is 0 Å². The van der Waals surface area contributed by atoms with Gasteiger partial charge in [0, 0.05) is 0 Å². The van der Waals surface area contributed by atoms with E-state index in [9.17, 15) is 0 Å². The molecule has 0 radical (unpaired) electrons. The van der Waals surface area contributed by atoms with Crippen molar-refractivity contribution in [1.29, 1.82) is 0 Å². The van der Waals surface area contributed by atoms with Crippen molar-refractivity contribution in [2.45, 2.75) is 0 Å². The molecule has 0 fully saturated rings. The molecule has 0 spiro atoms. The summed E-state index contributed by atoms with van der Waals surface area (Å²) in [6, 6.07) is 0. The third-order valence-electron chi connectivity index (χ3n) is 0.771. The summed E-state index contributed by atoms with van der Waals surface area (Å²) < 4.78 is 0.844. The Hall–Kier alpha value is 2.46. The number of halogens is 2. The number of hydrogen-bond donors (Lipinski definition) is 1. The van der Waals surface area contributed by atoms with Crippen LogP contribution >= 0.6 is 29.4 Å². The number of nitrogens with zero attached hydrogens (tertiary/aromatic N) is 1. The van der Waals surface area contributed by atoms with Crippen molar-refractivity contribution in [3.05, 3.63) is 0 Å². The van der Waals surface area contributed by atoms with Crippen LogP contribution in [0.3, 0.4) is 0 Å². The largest absolute Gasteiger partial charge is 2.00 e. The zero-order valence-corrected chi connectivity index (χ0v) is 13.8. The van der Waals surface area contributed by atoms with Crippen molar-refractivity contribution in [3.63, 3.8) is 0 Å². The van der Waals surface area contributed by atoms with Crippen LogP contribution in [0.2, 0.25) is 0 Å². The van der Waals surface area contributed by atoms with Crippen molar-refractivity contribution < 1.29 is 43.4 Å². The molecule has 0 saturated carbocycles. The van der Waals surface area contributed by atoms with Crippen molar-refractivity contribution >= 4 is 52.4 Å². The Morgan fingerprint density at radius 1 is 1.27 bits per heavy atom. The van der Waals surface area contributed by atoms with Gasteiger partial charge in [0.25, 0.3) is 0 Å².